The topological polar surface area (TPSA) is 83.7 Å². The minimum Gasteiger partial charge on any atom is -0.340 e. The molecule has 0 aromatic carbocycles. The molecule has 1 amide bonds. The Hall–Kier alpha value is -0.480. The minimum atomic E-state index is -3.48. The standard InChI is InChI=1S/C12H18BrN3O3S2/c1-9(14)12(17)15-5-2-6-16(8-7-15)21(18,19)11-4-3-10(13)20-11/h3-4,9H,2,5-8,14H2,1H3. The number of nitrogens with zero attached hydrogens (tertiary/aromatic N) is 2. The summed E-state index contributed by atoms with van der Waals surface area (Å²) in [7, 11) is -3.48. The van der Waals surface area contributed by atoms with Gasteiger partial charge in [-0.05, 0) is 41.4 Å². The molecule has 6 nitrogen and oxygen atoms in total. The van der Waals surface area contributed by atoms with E-state index in [9.17, 15) is 13.2 Å². The molecule has 21 heavy (non-hydrogen) atoms. The van der Waals surface area contributed by atoms with Crippen LogP contribution in [0.3, 0.4) is 0 Å². The van der Waals surface area contributed by atoms with Crippen LogP contribution in [0.2, 0.25) is 0 Å². The van der Waals surface area contributed by atoms with Crippen molar-refractivity contribution in [2.24, 2.45) is 5.73 Å². The Kier molecular flexibility index (Phi) is 5.42. The van der Waals surface area contributed by atoms with E-state index < -0.39 is 16.1 Å². The molecule has 2 heterocycles. The van der Waals surface area contributed by atoms with Crippen LogP contribution in [0.25, 0.3) is 0 Å². The predicted molar refractivity (Wildman–Crippen MR) is 85.6 cm³/mol. The Balaban J connectivity index is 2.11. The first-order valence-corrected chi connectivity index (χ1v) is 9.67. The summed E-state index contributed by atoms with van der Waals surface area (Å²) in [6.07, 6.45) is 0.615. The van der Waals surface area contributed by atoms with Gasteiger partial charge >= 0.3 is 0 Å². The Morgan fingerprint density at radius 2 is 2.05 bits per heavy atom. The van der Waals surface area contributed by atoms with Crippen LogP contribution in [0.15, 0.2) is 20.1 Å². The van der Waals surface area contributed by atoms with Crippen molar-refractivity contribution < 1.29 is 13.2 Å². The quantitative estimate of drug-likeness (QED) is 0.829. The van der Waals surface area contributed by atoms with Gasteiger partial charge in [0.05, 0.1) is 9.83 Å². The number of sulfonamides is 1. The van der Waals surface area contributed by atoms with Crippen LogP contribution in [0.5, 0.6) is 0 Å². The first-order valence-electron chi connectivity index (χ1n) is 6.62. The van der Waals surface area contributed by atoms with E-state index in [1.807, 2.05) is 0 Å². The molecule has 118 valence electrons. The molecule has 2 N–H and O–H groups in total. The van der Waals surface area contributed by atoms with Crippen LogP contribution in [0.4, 0.5) is 0 Å². The van der Waals surface area contributed by atoms with E-state index in [4.69, 9.17) is 5.73 Å². The molecular weight excluding hydrogens is 378 g/mol. The van der Waals surface area contributed by atoms with Gasteiger partial charge in [-0.3, -0.25) is 4.79 Å². The molecule has 0 radical (unpaired) electrons. The average molecular weight is 396 g/mol. The number of rotatable bonds is 3. The molecule has 0 bridgehead atoms. The van der Waals surface area contributed by atoms with Crippen molar-refractivity contribution in [1.82, 2.24) is 9.21 Å². The number of hydrogen-bond donors (Lipinski definition) is 1. The summed E-state index contributed by atoms with van der Waals surface area (Å²) >= 11 is 4.47. The summed E-state index contributed by atoms with van der Waals surface area (Å²) in [6, 6.07) is 2.77. The number of carbonyl (C=O) groups excluding carboxylic acids is 1. The molecule has 1 aromatic rings. The molecular formula is C12H18BrN3O3S2. The van der Waals surface area contributed by atoms with Crippen molar-refractivity contribution >= 4 is 43.2 Å². The fourth-order valence-corrected chi connectivity index (χ4v) is 5.84. The fourth-order valence-electron chi connectivity index (χ4n) is 2.21. The molecule has 1 atom stereocenters. The lowest BCUT2D eigenvalue weighted by Crippen LogP contribution is -2.44. The molecule has 1 saturated heterocycles. The van der Waals surface area contributed by atoms with Crippen LogP contribution >= 0.6 is 27.3 Å². The Morgan fingerprint density at radius 1 is 1.33 bits per heavy atom. The maximum atomic E-state index is 12.6. The van der Waals surface area contributed by atoms with Crippen LogP contribution in [-0.2, 0) is 14.8 Å². The lowest BCUT2D eigenvalue weighted by molar-refractivity contribution is -0.132. The van der Waals surface area contributed by atoms with Gasteiger partial charge in [0.15, 0.2) is 0 Å². The summed E-state index contributed by atoms with van der Waals surface area (Å²) in [4.78, 5) is 13.6. The van der Waals surface area contributed by atoms with Crippen molar-refractivity contribution in [3.05, 3.63) is 15.9 Å². The second kappa shape index (κ2) is 6.74. The average Bonchev–Trinajstić information content (AvgIpc) is 2.72. The van der Waals surface area contributed by atoms with Gasteiger partial charge in [-0.25, -0.2) is 8.42 Å². The van der Waals surface area contributed by atoms with Crippen molar-refractivity contribution in [2.75, 3.05) is 26.2 Å². The zero-order valence-corrected chi connectivity index (χ0v) is 14.9. The van der Waals surface area contributed by atoms with Crippen LogP contribution in [0.1, 0.15) is 13.3 Å². The summed E-state index contributed by atoms with van der Waals surface area (Å²) in [5, 5.41) is 0. The van der Waals surface area contributed by atoms with Gasteiger partial charge in [-0.1, -0.05) is 0 Å². The Bertz CT molecular complexity index is 615. The van der Waals surface area contributed by atoms with Crippen molar-refractivity contribution in [1.29, 1.82) is 0 Å². The van der Waals surface area contributed by atoms with Gasteiger partial charge < -0.3 is 10.6 Å². The number of amides is 1. The minimum absolute atomic E-state index is 0.131. The van der Waals surface area contributed by atoms with E-state index in [0.29, 0.717) is 36.8 Å². The zero-order valence-electron chi connectivity index (χ0n) is 11.7. The highest BCUT2D eigenvalue weighted by atomic mass is 79.9. The van der Waals surface area contributed by atoms with Crippen molar-refractivity contribution in [2.45, 2.75) is 23.6 Å². The number of halogens is 1. The molecule has 9 heteroatoms. The van der Waals surface area contributed by atoms with Crippen LogP contribution in [0, 0.1) is 0 Å². The normalized spacial score (nSPS) is 19.3. The highest BCUT2D eigenvalue weighted by molar-refractivity contribution is 9.11. The fraction of sp³-hybridized carbons (Fsp3) is 0.583. The lowest BCUT2D eigenvalue weighted by Gasteiger charge is -2.23. The second-order valence-corrected chi connectivity index (χ2v) is 9.56. The molecule has 1 unspecified atom stereocenters. The smallest absolute Gasteiger partial charge is 0.252 e. The van der Waals surface area contributed by atoms with E-state index in [0.717, 1.165) is 3.79 Å². The Labute approximate surface area is 137 Å². The third-order valence-corrected chi connectivity index (χ3v) is 7.29. The number of nitrogens with two attached hydrogens (primary N) is 1. The van der Waals surface area contributed by atoms with Gasteiger partial charge in [0.1, 0.15) is 4.21 Å². The monoisotopic (exact) mass is 395 g/mol. The van der Waals surface area contributed by atoms with Gasteiger partial charge in [0.25, 0.3) is 10.0 Å². The largest absolute Gasteiger partial charge is 0.340 e. The second-order valence-electron chi connectivity index (χ2n) is 4.93. The van der Waals surface area contributed by atoms with E-state index in [1.54, 1.807) is 24.0 Å². The van der Waals surface area contributed by atoms with E-state index in [2.05, 4.69) is 15.9 Å². The summed E-state index contributed by atoms with van der Waals surface area (Å²) in [6.45, 7) is 3.29. The van der Waals surface area contributed by atoms with E-state index >= 15 is 0 Å². The van der Waals surface area contributed by atoms with Gasteiger partial charge in [-0.2, -0.15) is 4.31 Å². The van der Waals surface area contributed by atoms with Crippen LogP contribution < -0.4 is 5.73 Å². The van der Waals surface area contributed by atoms with Crippen molar-refractivity contribution in [3.63, 3.8) is 0 Å². The lowest BCUT2D eigenvalue weighted by atomic mass is 10.3. The molecule has 0 spiro atoms. The first-order chi connectivity index (χ1) is 9.82. The van der Waals surface area contributed by atoms with Crippen LogP contribution in [-0.4, -0.2) is 55.8 Å². The molecule has 0 saturated carbocycles. The summed E-state index contributed by atoms with van der Waals surface area (Å²) in [5.41, 5.74) is 5.61. The highest BCUT2D eigenvalue weighted by Gasteiger charge is 2.29. The highest BCUT2D eigenvalue weighted by Crippen LogP contribution is 2.28. The summed E-state index contributed by atoms with van der Waals surface area (Å²) in [5.74, 6) is -0.131. The molecule has 2 rings (SSSR count). The first kappa shape index (κ1) is 16.9. The van der Waals surface area contributed by atoms with E-state index in [1.165, 1.54) is 15.6 Å². The van der Waals surface area contributed by atoms with E-state index in [-0.39, 0.29) is 5.91 Å². The van der Waals surface area contributed by atoms with Gasteiger partial charge in [0, 0.05) is 26.2 Å². The predicted octanol–water partition coefficient (Wildman–Crippen LogP) is 1.08. The van der Waals surface area contributed by atoms with Gasteiger partial charge in [0.2, 0.25) is 5.91 Å². The molecule has 0 aliphatic carbocycles. The number of hydrogen-bond acceptors (Lipinski definition) is 5. The third kappa shape index (κ3) is 3.84. The molecule has 1 aliphatic heterocycles. The maximum Gasteiger partial charge on any atom is 0.252 e. The third-order valence-electron chi connectivity index (χ3n) is 3.30. The molecule has 1 aliphatic rings. The van der Waals surface area contributed by atoms with Crippen molar-refractivity contribution in [3.8, 4) is 0 Å². The molecule has 1 aromatic heterocycles. The van der Waals surface area contributed by atoms with Gasteiger partial charge in [-0.15, -0.1) is 11.3 Å². The number of thiophene rings is 1. The molecule has 1 fully saturated rings. The maximum absolute atomic E-state index is 12.6. The number of carbonyl (C=O) groups is 1. The Morgan fingerprint density at radius 3 is 2.62 bits per heavy atom. The zero-order chi connectivity index (χ0) is 15.6. The SMILES string of the molecule is CC(N)C(=O)N1CCCN(S(=O)(=O)c2ccc(Br)s2)CC1. The summed E-state index contributed by atoms with van der Waals surface area (Å²) < 4.78 is 27.6.